The van der Waals surface area contributed by atoms with Crippen LogP contribution in [0.25, 0.3) is 10.9 Å². The summed E-state index contributed by atoms with van der Waals surface area (Å²) in [5, 5.41) is 0.900. The molecule has 1 aliphatic heterocycles. The molecule has 1 N–H and O–H groups in total. The third-order valence-electron chi connectivity index (χ3n) is 5.27. The third-order valence-corrected chi connectivity index (χ3v) is 5.27. The van der Waals surface area contributed by atoms with Crippen molar-refractivity contribution >= 4 is 16.8 Å². The molecule has 0 aliphatic carbocycles. The van der Waals surface area contributed by atoms with Crippen molar-refractivity contribution in [3.05, 3.63) is 71.2 Å². The molecule has 0 radical (unpaired) electrons. The molecule has 0 fully saturated rings. The number of aromatic nitrogens is 1. The minimum Gasteiger partial charge on any atom is -0.361 e. The second-order valence-corrected chi connectivity index (χ2v) is 7.26. The van der Waals surface area contributed by atoms with E-state index in [-0.39, 0.29) is 11.7 Å². The average Bonchev–Trinajstić information content (AvgIpc) is 3.04. The largest absolute Gasteiger partial charge is 0.361 e. The molecule has 3 aromatic rings. The van der Waals surface area contributed by atoms with Gasteiger partial charge < -0.3 is 9.88 Å². The second kappa shape index (κ2) is 5.73. The van der Waals surface area contributed by atoms with Crippen molar-refractivity contribution in [2.45, 2.75) is 32.2 Å². The number of halogens is 1. The van der Waals surface area contributed by atoms with Gasteiger partial charge >= 0.3 is 0 Å². The lowest BCUT2D eigenvalue weighted by Crippen LogP contribution is -2.45. The monoisotopic (exact) mass is 336 g/mol. The minimum atomic E-state index is -0.678. The second-order valence-electron chi connectivity index (χ2n) is 7.26. The fourth-order valence-electron chi connectivity index (χ4n) is 3.80. The number of benzene rings is 2. The van der Waals surface area contributed by atoms with Crippen LogP contribution >= 0.6 is 0 Å². The van der Waals surface area contributed by atoms with Crippen molar-refractivity contribution in [2.24, 2.45) is 0 Å². The van der Waals surface area contributed by atoms with Crippen LogP contribution in [0.15, 0.2) is 48.7 Å². The van der Waals surface area contributed by atoms with E-state index < -0.39 is 5.41 Å². The summed E-state index contributed by atoms with van der Waals surface area (Å²) in [5.41, 5.74) is 3.50. The molecule has 0 unspecified atom stereocenters. The quantitative estimate of drug-likeness (QED) is 0.749. The summed E-state index contributed by atoms with van der Waals surface area (Å²) in [5.74, 6) is -0.176. The number of rotatable bonds is 2. The number of carbonyl (C=O) groups is 1. The Bertz CT molecular complexity index is 957. The number of amides is 1. The van der Waals surface area contributed by atoms with Crippen LogP contribution in [0, 0.1) is 5.82 Å². The minimum absolute atomic E-state index is 0.104. The van der Waals surface area contributed by atoms with Crippen LogP contribution in [-0.4, -0.2) is 22.3 Å². The first kappa shape index (κ1) is 15.9. The number of hydrogen-bond acceptors (Lipinski definition) is 1. The molecule has 0 spiro atoms. The van der Waals surface area contributed by atoms with Gasteiger partial charge in [-0.25, -0.2) is 4.39 Å². The highest BCUT2D eigenvalue weighted by Crippen LogP contribution is 2.33. The number of carbonyl (C=O) groups excluding carboxylic acids is 1. The summed E-state index contributed by atoms with van der Waals surface area (Å²) in [4.78, 5) is 18.3. The smallest absolute Gasteiger partial charge is 0.233 e. The number of hydrogen-bond donors (Lipinski definition) is 1. The van der Waals surface area contributed by atoms with Crippen molar-refractivity contribution in [1.82, 2.24) is 9.88 Å². The Morgan fingerprint density at radius 1 is 1.16 bits per heavy atom. The highest BCUT2D eigenvalue weighted by molar-refractivity contribution is 5.94. The lowest BCUT2D eigenvalue weighted by molar-refractivity contribution is -0.137. The number of nitrogens with zero attached hydrogens (tertiary/aromatic N) is 1. The maximum absolute atomic E-state index is 13.4. The van der Waals surface area contributed by atoms with Gasteiger partial charge in [0, 0.05) is 30.2 Å². The molecule has 0 atom stereocenters. The summed E-state index contributed by atoms with van der Waals surface area (Å²) < 4.78 is 13.4. The van der Waals surface area contributed by atoms with Gasteiger partial charge in [0.25, 0.3) is 0 Å². The Morgan fingerprint density at radius 2 is 1.92 bits per heavy atom. The van der Waals surface area contributed by atoms with E-state index in [2.05, 4.69) is 17.1 Å². The Morgan fingerprint density at radius 3 is 2.72 bits per heavy atom. The van der Waals surface area contributed by atoms with E-state index in [1.807, 2.05) is 37.1 Å². The van der Waals surface area contributed by atoms with Crippen molar-refractivity contribution in [3.8, 4) is 0 Å². The SMILES string of the molecule is CC(C)(C(=O)N1CCc2ccccc2C1)c1c[nH]c2cc(F)ccc12. The van der Waals surface area contributed by atoms with Gasteiger partial charge in [-0.15, -0.1) is 0 Å². The zero-order valence-electron chi connectivity index (χ0n) is 14.5. The van der Waals surface area contributed by atoms with Crippen LogP contribution in [0.3, 0.4) is 0 Å². The standard InChI is InChI=1S/C21H21FN2O/c1-21(2,18-12-23-19-11-16(22)7-8-17(18)19)20(25)24-10-9-14-5-3-4-6-15(14)13-24/h3-8,11-12,23H,9-10,13H2,1-2H3. The highest BCUT2D eigenvalue weighted by Gasteiger charge is 2.36. The summed E-state index contributed by atoms with van der Waals surface area (Å²) in [6.45, 7) is 5.27. The van der Waals surface area contributed by atoms with Crippen LogP contribution in [0.4, 0.5) is 4.39 Å². The lowest BCUT2D eigenvalue weighted by atomic mass is 9.82. The average molecular weight is 336 g/mol. The number of H-pyrrole nitrogens is 1. The number of nitrogens with one attached hydrogen (secondary N) is 1. The molecule has 2 aromatic carbocycles. The first-order valence-corrected chi connectivity index (χ1v) is 8.60. The fourth-order valence-corrected chi connectivity index (χ4v) is 3.80. The Balaban J connectivity index is 1.66. The molecule has 4 rings (SSSR count). The molecule has 1 aromatic heterocycles. The molecule has 1 amide bonds. The van der Waals surface area contributed by atoms with Crippen molar-refractivity contribution < 1.29 is 9.18 Å². The molecular weight excluding hydrogens is 315 g/mol. The van der Waals surface area contributed by atoms with Crippen molar-refractivity contribution in [1.29, 1.82) is 0 Å². The first-order valence-electron chi connectivity index (χ1n) is 8.60. The zero-order valence-corrected chi connectivity index (χ0v) is 14.5. The third kappa shape index (κ3) is 2.62. The maximum Gasteiger partial charge on any atom is 0.233 e. The highest BCUT2D eigenvalue weighted by atomic mass is 19.1. The Kier molecular flexibility index (Phi) is 3.64. The van der Waals surface area contributed by atoms with Crippen molar-refractivity contribution in [3.63, 3.8) is 0 Å². The van der Waals surface area contributed by atoms with Gasteiger partial charge in [0.15, 0.2) is 0 Å². The predicted molar refractivity (Wildman–Crippen MR) is 96.8 cm³/mol. The van der Waals surface area contributed by atoms with Gasteiger partial charge in [0.1, 0.15) is 5.82 Å². The summed E-state index contributed by atoms with van der Waals surface area (Å²) in [6, 6.07) is 13.0. The van der Waals surface area contributed by atoms with Crippen molar-refractivity contribution in [2.75, 3.05) is 6.54 Å². The Hall–Kier alpha value is -2.62. The van der Waals surface area contributed by atoms with E-state index in [0.29, 0.717) is 6.54 Å². The molecule has 0 saturated carbocycles. The van der Waals surface area contributed by atoms with Gasteiger partial charge in [-0.05, 0) is 55.2 Å². The molecule has 2 heterocycles. The lowest BCUT2D eigenvalue weighted by Gasteiger charge is -2.35. The molecule has 0 saturated heterocycles. The summed E-state index contributed by atoms with van der Waals surface area (Å²) in [7, 11) is 0. The van der Waals surface area contributed by atoms with Gasteiger partial charge in [-0.1, -0.05) is 24.3 Å². The van der Waals surface area contributed by atoms with E-state index in [1.54, 1.807) is 6.07 Å². The van der Waals surface area contributed by atoms with Crippen LogP contribution < -0.4 is 0 Å². The molecule has 1 aliphatic rings. The molecule has 25 heavy (non-hydrogen) atoms. The van der Waals surface area contributed by atoms with Crippen LogP contribution in [0.1, 0.15) is 30.5 Å². The van der Waals surface area contributed by atoms with Crippen LogP contribution in [0.2, 0.25) is 0 Å². The molecule has 0 bridgehead atoms. The molecule has 3 nitrogen and oxygen atoms in total. The van der Waals surface area contributed by atoms with Crippen LogP contribution in [0.5, 0.6) is 0 Å². The van der Waals surface area contributed by atoms with Gasteiger partial charge in [0.2, 0.25) is 5.91 Å². The first-order chi connectivity index (χ1) is 12.0. The fraction of sp³-hybridized carbons (Fsp3) is 0.286. The summed E-state index contributed by atoms with van der Waals surface area (Å²) in [6.07, 6.45) is 2.72. The topological polar surface area (TPSA) is 36.1 Å². The van der Waals surface area contributed by atoms with E-state index in [9.17, 15) is 9.18 Å². The van der Waals surface area contributed by atoms with Crippen LogP contribution in [-0.2, 0) is 23.2 Å². The molecule has 128 valence electrons. The number of aromatic amines is 1. The van der Waals surface area contributed by atoms with E-state index >= 15 is 0 Å². The normalized spacial score (nSPS) is 14.6. The number of fused-ring (bicyclic) bond motifs is 2. The molecular formula is C21H21FN2O. The molecule has 4 heteroatoms. The van der Waals surface area contributed by atoms with Gasteiger partial charge in [-0.3, -0.25) is 4.79 Å². The summed E-state index contributed by atoms with van der Waals surface area (Å²) >= 11 is 0. The zero-order chi connectivity index (χ0) is 17.6. The van der Waals surface area contributed by atoms with Gasteiger partial charge in [-0.2, -0.15) is 0 Å². The van der Waals surface area contributed by atoms with Gasteiger partial charge in [0.05, 0.1) is 5.41 Å². The predicted octanol–water partition coefficient (Wildman–Crippen LogP) is 4.17. The maximum atomic E-state index is 13.4. The Labute approximate surface area is 146 Å². The van der Waals surface area contributed by atoms with E-state index in [1.165, 1.54) is 23.3 Å². The van der Waals surface area contributed by atoms with E-state index in [0.717, 1.165) is 29.4 Å². The van der Waals surface area contributed by atoms with E-state index in [4.69, 9.17) is 0 Å².